The Hall–Kier alpha value is -2.20. The van der Waals surface area contributed by atoms with Crippen molar-refractivity contribution >= 4 is 5.91 Å². The standard InChI is InChI=1S/C22H27N3O/c26-22(12-10-20-8-4-5-13-23-20)25-16-19-9-11-21(17-25)24(15-19)14-18-6-2-1-3-7-18/h1-8,13,19,21H,9-12,14-17H2/t19-,21-/m1/s1. The van der Waals surface area contributed by atoms with Crippen molar-refractivity contribution in [2.75, 3.05) is 19.6 Å². The van der Waals surface area contributed by atoms with Crippen molar-refractivity contribution in [2.45, 2.75) is 38.3 Å². The maximum atomic E-state index is 12.8. The molecule has 0 unspecified atom stereocenters. The molecule has 2 aromatic rings. The number of carbonyl (C=O) groups excluding carboxylic acids is 1. The van der Waals surface area contributed by atoms with Crippen LogP contribution in [0.1, 0.15) is 30.5 Å². The van der Waals surface area contributed by atoms with Gasteiger partial charge in [-0.3, -0.25) is 14.7 Å². The monoisotopic (exact) mass is 349 g/mol. The first-order valence-electron chi connectivity index (χ1n) is 9.73. The number of amides is 1. The average molecular weight is 349 g/mol. The van der Waals surface area contributed by atoms with Gasteiger partial charge in [0.15, 0.2) is 0 Å². The third-order valence-electron chi connectivity index (χ3n) is 5.73. The molecule has 3 saturated heterocycles. The second-order valence-corrected chi connectivity index (χ2v) is 7.63. The minimum Gasteiger partial charge on any atom is -0.341 e. The van der Waals surface area contributed by atoms with E-state index in [-0.39, 0.29) is 5.91 Å². The number of carbonyl (C=O) groups is 1. The predicted octanol–water partition coefficient (Wildman–Crippen LogP) is 3.14. The van der Waals surface area contributed by atoms with E-state index >= 15 is 0 Å². The molecule has 26 heavy (non-hydrogen) atoms. The lowest BCUT2D eigenvalue weighted by Gasteiger charge is -2.36. The fourth-order valence-electron chi connectivity index (χ4n) is 4.33. The van der Waals surface area contributed by atoms with Gasteiger partial charge in [0.25, 0.3) is 0 Å². The Morgan fingerprint density at radius 2 is 1.85 bits per heavy atom. The third-order valence-corrected chi connectivity index (χ3v) is 5.73. The highest BCUT2D eigenvalue weighted by atomic mass is 16.2. The highest BCUT2D eigenvalue weighted by Crippen LogP contribution is 2.29. The first kappa shape index (κ1) is 17.2. The van der Waals surface area contributed by atoms with Gasteiger partial charge in [0.2, 0.25) is 5.91 Å². The molecule has 4 nitrogen and oxygen atoms in total. The van der Waals surface area contributed by atoms with E-state index in [1.165, 1.54) is 18.4 Å². The van der Waals surface area contributed by atoms with Crippen LogP contribution < -0.4 is 0 Å². The highest BCUT2D eigenvalue weighted by Gasteiger charge is 2.36. The molecule has 1 amide bonds. The van der Waals surface area contributed by atoms with Crippen molar-refractivity contribution < 1.29 is 4.79 Å². The van der Waals surface area contributed by atoms with Crippen LogP contribution in [0.5, 0.6) is 0 Å². The fraction of sp³-hybridized carbons (Fsp3) is 0.455. The summed E-state index contributed by atoms with van der Waals surface area (Å²) in [7, 11) is 0. The predicted molar refractivity (Wildman–Crippen MR) is 103 cm³/mol. The van der Waals surface area contributed by atoms with E-state index in [1.807, 2.05) is 18.2 Å². The second kappa shape index (κ2) is 8.00. The van der Waals surface area contributed by atoms with Crippen molar-refractivity contribution in [3.05, 3.63) is 66.0 Å². The Kier molecular flexibility index (Phi) is 5.30. The maximum absolute atomic E-state index is 12.8. The molecule has 2 bridgehead atoms. The van der Waals surface area contributed by atoms with Crippen LogP contribution in [0.3, 0.4) is 0 Å². The van der Waals surface area contributed by atoms with Gasteiger partial charge in [0, 0.05) is 50.5 Å². The van der Waals surface area contributed by atoms with E-state index in [0.29, 0.717) is 18.4 Å². The van der Waals surface area contributed by atoms with E-state index in [4.69, 9.17) is 0 Å². The van der Waals surface area contributed by atoms with Crippen LogP contribution in [0.2, 0.25) is 0 Å². The molecule has 3 aliphatic rings. The number of fused-ring (bicyclic) bond motifs is 4. The molecule has 0 saturated carbocycles. The molecular weight excluding hydrogens is 322 g/mol. The summed E-state index contributed by atoms with van der Waals surface area (Å²) >= 11 is 0. The van der Waals surface area contributed by atoms with E-state index < -0.39 is 0 Å². The third kappa shape index (κ3) is 4.13. The first-order chi connectivity index (χ1) is 12.8. The van der Waals surface area contributed by atoms with Gasteiger partial charge in [0.1, 0.15) is 0 Å². The smallest absolute Gasteiger partial charge is 0.223 e. The summed E-state index contributed by atoms with van der Waals surface area (Å²) in [4.78, 5) is 21.8. The zero-order valence-corrected chi connectivity index (χ0v) is 15.3. The minimum absolute atomic E-state index is 0.286. The number of hydrogen-bond acceptors (Lipinski definition) is 3. The molecule has 0 spiro atoms. The topological polar surface area (TPSA) is 36.4 Å². The Bertz CT molecular complexity index is 719. The number of rotatable bonds is 5. The SMILES string of the molecule is O=C(CCc1ccccn1)N1C[C@@H]2CC[C@H](C1)N(Cc1ccccc1)C2. The lowest BCUT2D eigenvalue weighted by atomic mass is 9.94. The average Bonchev–Trinajstić information content (AvgIpc) is 3.00. The lowest BCUT2D eigenvalue weighted by Crippen LogP contribution is -2.43. The van der Waals surface area contributed by atoms with Gasteiger partial charge < -0.3 is 4.90 Å². The second-order valence-electron chi connectivity index (χ2n) is 7.63. The summed E-state index contributed by atoms with van der Waals surface area (Å²) in [6, 6.07) is 17.1. The number of hydrogen-bond donors (Lipinski definition) is 0. The molecule has 0 aliphatic carbocycles. The van der Waals surface area contributed by atoms with Gasteiger partial charge in [-0.2, -0.15) is 0 Å². The van der Waals surface area contributed by atoms with Gasteiger partial charge in [-0.1, -0.05) is 36.4 Å². The first-order valence-corrected chi connectivity index (χ1v) is 9.73. The summed E-state index contributed by atoms with van der Waals surface area (Å²) in [6.07, 6.45) is 5.56. The molecule has 4 heterocycles. The molecule has 1 aromatic carbocycles. The van der Waals surface area contributed by atoms with E-state index in [9.17, 15) is 4.79 Å². The maximum Gasteiger partial charge on any atom is 0.223 e. The van der Waals surface area contributed by atoms with Crippen LogP contribution in [0.25, 0.3) is 0 Å². The zero-order chi connectivity index (χ0) is 17.8. The molecular formula is C22H27N3O. The summed E-state index contributed by atoms with van der Waals surface area (Å²) in [5.41, 5.74) is 2.37. The molecule has 136 valence electrons. The number of aryl methyl sites for hydroxylation is 1. The van der Waals surface area contributed by atoms with Gasteiger partial charge >= 0.3 is 0 Å². The van der Waals surface area contributed by atoms with Gasteiger partial charge in [0.05, 0.1) is 0 Å². The fourth-order valence-corrected chi connectivity index (χ4v) is 4.33. The van der Waals surface area contributed by atoms with Crippen LogP contribution in [0, 0.1) is 5.92 Å². The van der Waals surface area contributed by atoms with Crippen molar-refractivity contribution in [1.29, 1.82) is 0 Å². The Morgan fingerprint density at radius 3 is 2.65 bits per heavy atom. The molecule has 2 atom stereocenters. The van der Waals surface area contributed by atoms with Gasteiger partial charge in [-0.25, -0.2) is 0 Å². The van der Waals surface area contributed by atoms with Crippen LogP contribution in [-0.4, -0.2) is 46.4 Å². The van der Waals surface area contributed by atoms with Crippen LogP contribution in [0.4, 0.5) is 0 Å². The van der Waals surface area contributed by atoms with Crippen LogP contribution in [-0.2, 0) is 17.8 Å². The normalized spacial score (nSPS) is 23.0. The molecule has 3 fully saturated rings. The lowest BCUT2D eigenvalue weighted by molar-refractivity contribution is -0.131. The van der Waals surface area contributed by atoms with Crippen molar-refractivity contribution in [3.8, 4) is 0 Å². The van der Waals surface area contributed by atoms with Crippen molar-refractivity contribution in [3.63, 3.8) is 0 Å². The summed E-state index contributed by atoms with van der Waals surface area (Å²) in [5.74, 6) is 0.894. The van der Waals surface area contributed by atoms with E-state index in [1.54, 1.807) is 6.20 Å². The van der Waals surface area contributed by atoms with Crippen LogP contribution in [0.15, 0.2) is 54.7 Å². The van der Waals surface area contributed by atoms with Crippen molar-refractivity contribution in [2.24, 2.45) is 5.92 Å². The Morgan fingerprint density at radius 1 is 1.00 bits per heavy atom. The quantitative estimate of drug-likeness (QED) is 0.832. The van der Waals surface area contributed by atoms with Crippen molar-refractivity contribution in [1.82, 2.24) is 14.8 Å². The molecule has 0 radical (unpaired) electrons. The zero-order valence-electron chi connectivity index (χ0n) is 15.3. The Balaban J connectivity index is 1.37. The number of nitrogens with zero attached hydrogens (tertiary/aromatic N) is 3. The summed E-state index contributed by atoms with van der Waals surface area (Å²) in [6.45, 7) is 3.91. The number of benzene rings is 1. The molecule has 5 rings (SSSR count). The van der Waals surface area contributed by atoms with E-state index in [2.05, 4.69) is 45.1 Å². The summed E-state index contributed by atoms with van der Waals surface area (Å²) in [5, 5.41) is 0. The molecule has 3 aliphatic heterocycles. The molecule has 1 aromatic heterocycles. The largest absolute Gasteiger partial charge is 0.341 e. The Labute approximate surface area is 155 Å². The number of piperidine rings is 1. The van der Waals surface area contributed by atoms with Gasteiger partial charge in [-0.15, -0.1) is 0 Å². The molecule has 4 heteroatoms. The van der Waals surface area contributed by atoms with Crippen LogP contribution >= 0.6 is 0 Å². The summed E-state index contributed by atoms with van der Waals surface area (Å²) < 4.78 is 0. The van der Waals surface area contributed by atoms with Gasteiger partial charge in [-0.05, 0) is 42.9 Å². The molecule has 0 N–H and O–H groups in total. The van der Waals surface area contributed by atoms with E-state index in [0.717, 1.165) is 38.3 Å². The number of pyridine rings is 1. The minimum atomic E-state index is 0.286. The number of aromatic nitrogens is 1. The highest BCUT2D eigenvalue weighted by molar-refractivity contribution is 5.76.